The van der Waals surface area contributed by atoms with E-state index in [1.54, 1.807) is 12.0 Å². The predicted molar refractivity (Wildman–Crippen MR) is 89.1 cm³/mol. The van der Waals surface area contributed by atoms with E-state index in [0.29, 0.717) is 31.2 Å². The molecule has 1 amide bonds. The topological polar surface area (TPSA) is 50.8 Å². The SMILES string of the molecule is COCCN(CCNC1CCCC1(C)C)C(=O)OC(C)(C)C. The van der Waals surface area contributed by atoms with Crippen molar-refractivity contribution in [1.29, 1.82) is 0 Å². The quantitative estimate of drug-likeness (QED) is 0.785. The lowest BCUT2D eigenvalue weighted by atomic mass is 9.87. The molecular weight excluding hydrogens is 280 g/mol. The molecule has 0 saturated heterocycles. The van der Waals surface area contributed by atoms with Crippen molar-refractivity contribution in [3.63, 3.8) is 0 Å². The first-order chi connectivity index (χ1) is 10.2. The van der Waals surface area contributed by atoms with Crippen molar-refractivity contribution in [2.45, 2.75) is 65.5 Å². The molecule has 0 aromatic heterocycles. The molecule has 1 rings (SSSR count). The molecule has 1 fully saturated rings. The molecule has 130 valence electrons. The number of nitrogens with one attached hydrogen (secondary N) is 1. The number of hydrogen-bond acceptors (Lipinski definition) is 4. The molecule has 1 saturated carbocycles. The van der Waals surface area contributed by atoms with E-state index in [-0.39, 0.29) is 6.09 Å². The van der Waals surface area contributed by atoms with E-state index in [2.05, 4.69) is 19.2 Å². The Morgan fingerprint density at radius 2 is 2.00 bits per heavy atom. The van der Waals surface area contributed by atoms with E-state index >= 15 is 0 Å². The Labute approximate surface area is 135 Å². The Morgan fingerprint density at radius 3 is 2.50 bits per heavy atom. The number of ether oxygens (including phenoxy) is 2. The van der Waals surface area contributed by atoms with Crippen LogP contribution < -0.4 is 5.32 Å². The normalized spacial score (nSPS) is 20.9. The van der Waals surface area contributed by atoms with Crippen molar-refractivity contribution in [3.05, 3.63) is 0 Å². The molecule has 0 spiro atoms. The van der Waals surface area contributed by atoms with Gasteiger partial charge in [-0.3, -0.25) is 0 Å². The lowest BCUT2D eigenvalue weighted by Gasteiger charge is -2.30. The fraction of sp³-hybridized carbons (Fsp3) is 0.941. The second-order valence-corrected chi connectivity index (χ2v) is 7.85. The third-order valence-electron chi connectivity index (χ3n) is 4.25. The largest absolute Gasteiger partial charge is 0.444 e. The Balaban J connectivity index is 2.45. The van der Waals surface area contributed by atoms with Gasteiger partial charge in [-0.15, -0.1) is 0 Å². The zero-order chi connectivity index (χ0) is 16.8. The molecule has 1 aliphatic rings. The molecule has 1 atom stereocenters. The number of carbonyl (C=O) groups excluding carboxylic acids is 1. The van der Waals surface area contributed by atoms with E-state index in [4.69, 9.17) is 9.47 Å². The molecule has 22 heavy (non-hydrogen) atoms. The van der Waals surface area contributed by atoms with Gasteiger partial charge in [0.2, 0.25) is 0 Å². The molecule has 1 unspecified atom stereocenters. The number of amides is 1. The average molecular weight is 314 g/mol. The first-order valence-corrected chi connectivity index (χ1v) is 8.36. The van der Waals surface area contributed by atoms with Gasteiger partial charge in [-0.1, -0.05) is 20.3 Å². The van der Waals surface area contributed by atoms with Crippen LogP contribution in [0.1, 0.15) is 53.9 Å². The van der Waals surface area contributed by atoms with E-state index in [9.17, 15) is 4.79 Å². The van der Waals surface area contributed by atoms with Crippen LogP contribution >= 0.6 is 0 Å². The minimum Gasteiger partial charge on any atom is -0.444 e. The third kappa shape index (κ3) is 6.53. The highest BCUT2D eigenvalue weighted by Gasteiger charge is 2.34. The second kappa shape index (κ2) is 8.16. The minimum absolute atomic E-state index is 0.267. The standard InChI is InChI=1S/C17H34N2O3/c1-16(2,3)22-15(20)19(12-13-21-6)11-10-18-14-8-7-9-17(14,4)5/h14,18H,7-13H2,1-6H3. The summed E-state index contributed by atoms with van der Waals surface area (Å²) in [5.41, 5.74) is -0.118. The van der Waals surface area contributed by atoms with Gasteiger partial charge in [-0.05, 0) is 39.0 Å². The van der Waals surface area contributed by atoms with Gasteiger partial charge in [0.1, 0.15) is 5.60 Å². The molecule has 0 aromatic rings. The highest BCUT2D eigenvalue weighted by Crippen LogP contribution is 2.36. The minimum atomic E-state index is -0.469. The number of rotatable bonds is 7. The van der Waals surface area contributed by atoms with Crippen LogP contribution in [0.4, 0.5) is 4.79 Å². The van der Waals surface area contributed by atoms with Crippen LogP contribution in [0.5, 0.6) is 0 Å². The molecule has 0 heterocycles. The van der Waals surface area contributed by atoms with Crippen molar-refractivity contribution >= 4 is 6.09 Å². The second-order valence-electron chi connectivity index (χ2n) is 7.85. The molecule has 0 radical (unpaired) electrons. The summed E-state index contributed by atoms with van der Waals surface area (Å²) in [7, 11) is 1.65. The summed E-state index contributed by atoms with van der Waals surface area (Å²) in [6.07, 6.45) is 3.50. The number of nitrogens with zero attached hydrogens (tertiary/aromatic N) is 1. The van der Waals surface area contributed by atoms with Gasteiger partial charge in [0, 0.05) is 32.8 Å². The lowest BCUT2D eigenvalue weighted by Crippen LogP contribution is -2.45. The molecule has 0 aliphatic heterocycles. The van der Waals surface area contributed by atoms with Crippen molar-refractivity contribution in [3.8, 4) is 0 Å². The van der Waals surface area contributed by atoms with Crippen molar-refractivity contribution in [2.75, 3.05) is 33.4 Å². The highest BCUT2D eigenvalue weighted by molar-refractivity contribution is 5.68. The summed E-state index contributed by atoms with van der Waals surface area (Å²) < 4.78 is 10.6. The van der Waals surface area contributed by atoms with E-state index in [1.165, 1.54) is 19.3 Å². The van der Waals surface area contributed by atoms with Crippen LogP contribution in [0, 0.1) is 5.41 Å². The summed E-state index contributed by atoms with van der Waals surface area (Å²) in [5.74, 6) is 0. The summed E-state index contributed by atoms with van der Waals surface area (Å²) in [5, 5.41) is 3.61. The summed E-state index contributed by atoms with van der Waals surface area (Å²) in [6.45, 7) is 12.8. The van der Waals surface area contributed by atoms with Crippen LogP contribution in [0.25, 0.3) is 0 Å². The number of hydrogen-bond donors (Lipinski definition) is 1. The predicted octanol–water partition coefficient (Wildman–Crippen LogP) is 3.04. The van der Waals surface area contributed by atoms with Crippen LogP contribution in [0.3, 0.4) is 0 Å². The maximum Gasteiger partial charge on any atom is 0.410 e. The van der Waals surface area contributed by atoms with Crippen LogP contribution in [-0.4, -0.2) is 56.0 Å². The van der Waals surface area contributed by atoms with E-state index < -0.39 is 5.60 Å². The Bertz CT molecular complexity index is 350. The number of carbonyl (C=O) groups is 1. The molecule has 0 aromatic carbocycles. The maximum atomic E-state index is 12.2. The summed E-state index contributed by atoms with van der Waals surface area (Å²) in [6, 6.07) is 0.537. The van der Waals surface area contributed by atoms with Gasteiger partial charge >= 0.3 is 6.09 Å². The monoisotopic (exact) mass is 314 g/mol. The van der Waals surface area contributed by atoms with Crippen LogP contribution in [0.2, 0.25) is 0 Å². The molecule has 5 heteroatoms. The average Bonchev–Trinajstić information content (AvgIpc) is 2.70. The van der Waals surface area contributed by atoms with Crippen molar-refractivity contribution < 1.29 is 14.3 Å². The first-order valence-electron chi connectivity index (χ1n) is 8.36. The molecule has 1 N–H and O–H groups in total. The van der Waals surface area contributed by atoms with Gasteiger partial charge in [0.05, 0.1) is 6.61 Å². The Hall–Kier alpha value is -0.810. The fourth-order valence-electron chi connectivity index (χ4n) is 2.90. The maximum absolute atomic E-state index is 12.2. The van der Waals surface area contributed by atoms with E-state index in [1.807, 2.05) is 20.8 Å². The molecule has 5 nitrogen and oxygen atoms in total. The fourth-order valence-corrected chi connectivity index (χ4v) is 2.90. The van der Waals surface area contributed by atoms with Crippen LogP contribution in [0.15, 0.2) is 0 Å². The Kier molecular flexibility index (Phi) is 7.13. The first kappa shape index (κ1) is 19.2. The lowest BCUT2D eigenvalue weighted by molar-refractivity contribution is 0.0201. The third-order valence-corrected chi connectivity index (χ3v) is 4.25. The van der Waals surface area contributed by atoms with Gasteiger partial charge in [0.15, 0.2) is 0 Å². The van der Waals surface area contributed by atoms with Gasteiger partial charge in [-0.25, -0.2) is 4.79 Å². The highest BCUT2D eigenvalue weighted by atomic mass is 16.6. The molecule has 1 aliphatic carbocycles. The van der Waals surface area contributed by atoms with E-state index in [0.717, 1.165) is 6.54 Å². The van der Waals surface area contributed by atoms with Crippen LogP contribution in [-0.2, 0) is 9.47 Å². The summed E-state index contributed by atoms with van der Waals surface area (Å²) in [4.78, 5) is 14.0. The van der Waals surface area contributed by atoms with Crippen molar-refractivity contribution in [2.24, 2.45) is 5.41 Å². The molecule has 0 bridgehead atoms. The zero-order valence-corrected chi connectivity index (χ0v) is 15.2. The van der Waals surface area contributed by atoms with Gasteiger partial charge in [-0.2, -0.15) is 0 Å². The van der Waals surface area contributed by atoms with Gasteiger partial charge < -0.3 is 19.7 Å². The summed E-state index contributed by atoms with van der Waals surface area (Å²) >= 11 is 0. The Morgan fingerprint density at radius 1 is 1.32 bits per heavy atom. The van der Waals surface area contributed by atoms with Gasteiger partial charge in [0.25, 0.3) is 0 Å². The zero-order valence-electron chi connectivity index (χ0n) is 15.2. The molecular formula is C17H34N2O3. The smallest absolute Gasteiger partial charge is 0.410 e. The van der Waals surface area contributed by atoms with Crippen molar-refractivity contribution in [1.82, 2.24) is 10.2 Å². The number of methoxy groups -OCH3 is 1.